The quantitative estimate of drug-likeness (QED) is 0.120. The average molecular weight is 1070 g/mol. The maximum absolute atomic E-state index is 2.57. The molecule has 0 radical (unpaired) electrons. The lowest BCUT2D eigenvalue weighted by Gasteiger charge is -2.32. The minimum absolute atomic E-state index is 0.0692. The molecule has 0 saturated carbocycles. The van der Waals surface area contributed by atoms with Gasteiger partial charge in [0.2, 0.25) is 0 Å². The lowest BCUT2D eigenvalue weighted by atomic mass is 9.72. The standard InChI is InChI=1S/C81H66N2/c1-79(2)55-81(77-53-73(47-49-75(77)79)82(69-39-31-61(32-40-69)57-19-9-5-10-20-57)71-43-35-63(36-44-71)67-29-17-27-65(51-67)59-23-13-7-14-24-59)56-80(3,4)76-50-48-74(54-78(76)81)83(70-41-33-62(34-42-70)58-21-11-6-12-22-58)72-45-37-64(38-46-72)68-30-18-28-66(52-68)60-25-15-8-16-26-60/h5-54H,55-56H2,1-4H3. The summed E-state index contributed by atoms with van der Waals surface area (Å²) in [7, 11) is 0. The van der Waals surface area contributed by atoms with Gasteiger partial charge in [0.15, 0.2) is 0 Å². The van der Waals surface area contributed by atoms with Crippen molar-refractivity contribution in [1.29, 1.82) is 0 Å². The summed E-state index contributed by atoms with van der Waals surface area (Å²) in [5.74, 6) is 0. The van der Waals surface area contributed by atoms with E-state index in [1.165, 1.54) is 89.0 Å². The lowest BCUT2D eigenvalue weighted by Crippen LogP contribution is -2.27. The summed E-state index contributed by atoms with van der Waals surface area (Å²) < 4.78 is 0. The van der Waals surface area contributed by atoms with Crippen molar-refractivity contribution < 1.29 is 0 Å². The largest absolute Gasteiger partial charge is 0.310 e. The Morgan fingerprint density at radius 3 is 0.723 bits per heavy atom. The second-order valence-electron chi connectivity index (χ2n) is 24.1. The molecule has 0 aromatic heterocycles. The number of benzene rings is 12. The molecule has 2 heteroatoms. The first-order chi connectivity index (χ1) is 40.6. The summed E-state index contributed by atoms with van der Waals surface area (Å²) in [6, 6.07) is 112. The molecular formula is C81H66N2. The molecule has 2 nitrogen and oxygen atoms in total. The first-order valence-electron chi connectivity index (χ1n) is 29.3. The van der Waals surface area contributed by atoms with Crippen LogP contribution in [0.5, 0.6) is 0 Å². The van der Waals surface area contributed by atoms with Gasteiger partial charge in [-0.15, -0.1) is 0 Å². The second kappa shape index (κ2) is 21.0. The van der Waals surface area contributed by atoms with Gasteiger partial charge in [0.05, 0.1) is 0 Å². The van der Waals surface area contributed by atoms with Gasteiger partial charge < -0.3 is 9.80 Å². The van der Waals surface area contributed by atoms with Crippen molar-refractivity contribution in [3.05, 3.63) is 326 Å². The summed E-state index contributed by atoms with van der Waals surface area (Å²) in [6.45, 7) is 9.88. The molecule has 0 unspecified atom stereocenters. The van der Waals surface area contributed by atoms with Gasteiger partial charge in [-0.1, -0.05) is 246 Å². The van der Waals surface area contributed by atoms with E-state index in [-0.39, 0.29) is 16.2 Å². The molecule has 12 aromatic rings. The van der Waals surface area contributed by atoms with Crippen LogP contribution in [0.1, 0.15) is 62.8 Å². The average Bonchev–Trinajstić information content (AvgIpc) is 1.84. The smallest absolute Gasteiger partial charge is 0.0464 e. The number of hydrogen-bond donors (Lipinski definition) is 0. The molecule has 0 aliphatic heterocycles. The summed E-state index contributed by atoms with van der Waals surface area (Å²) in [5, 5.41) is 0. The van der Waals surface area contributed by atoms with Crippen LogP contribution >= 0.6 is 0 Å². The van der Waals surface area contributed by atoms with Crippen LogP contribution in [0.3, 0.4) is 0 Å². The molecule has 0 fully saturated rings. The van der Waals surface area contributed by atoms with E-state index in [0.29, 0.717) is 0 Å². The molecule has 0 atom stereocenters. The summed E-state index contributed by atoms with van der Waals surface area (Å²) >= 11 is 0. The molecule has 2 aliphatic rings. The van der Waals surface area contributed by atoms with Crippen LogP contribution in [0.2, 0.25) is 0 Å². The van der Waals surface area contributed by atoms with E-state index in [4.69, 9.17) is 0 Å². The van der Waals surface area contributed by atoms with Gasteiger partial charge in [-0.05, 0) is 198 Å². The third-order valence-corrected chi connectivity index (χ3v) is 17.8. The summed E-state index contributed by atoms with van der Waals surface area (Å²) in [5.41, 5.74) is 26.6. The Morgan fingerprint density at radius 1 is 0.205 bits per heavy atom. The molecule has 400 valence electrons. The van der Waals surface area contributed by atoms with Crippen LogP contribution in [0.25, 0.3) is 66.8 Å². The Balaban J connectivity index is 0.880. The third kappa shape index (κ3) is 9.64. The summed E-state index contributed by atoms with van der Waals surface area (Å²) in [6.07, 6.45) is 2.04. The van der Waals surface area contributed by atoms with Crippen molar-refractivity contribution in [3.8, 4) is 66.8 Å². The Labute approximate surface area is 490 Å². The fourth-order valence-corrected chi connectivity index (χ4v) is 14.0. The van der Waals surface area contributed by atoms with Crippen molar-refractivity contribution in [2.75, 3.05) is 9.80 Å². The minimum Gasteiger partial charge on any atom is -0.310 e. The van der Waals surface area contributed by atoms with Gasteiger partial charge in [-0.25, -0.2) is 0 Å². The van der Waals surface area contributed by atoms with E-state index >= 15 is 0 Å². The molecule has 0 bridgehead atoms. The number of fused-ring (bicyclic) bond motifs is 4. The van der Waals surface area contributed by atoms with Crippen LogP contribution in [0.4, 0.5) is 34.1 Å². The SMILES string of the molecule is CC1(C)CC2(CC(C)(C)c3ccc(N(c4ccc(-c5ccccc5)cc4)c4ccc(-c5cccc(-c6ccccc6)c5)cc4)cc32)c2cc(N(c3ccc(-c4ccccc4)cc3)c3ccc(-c4cccc(-c5ccccc5)c4)cc3)ccc21. The maximum Gasteiger partial charge on any atom is 0.0464 e. The number of anilines is 6. The topological polar surface area (TPSA) is 6.48 Å². The van der Waals surface area contributed by atoms with Crippen LogP contribution in [-0.2, 0) is 16.2 Å². The number of rotatable bonds is 12. The first-order valence-corrected chi connectivity index (χ1v) is 29.3. The molecule has 0 saturated heterocycles. The Hall–Kier alpha value is -9.76. The van der Waals surface area contributed by atoms with Gasteiger partial charge >= 0.3 is 0 Å². The van der Waals surface area contributed by atoms with Crippen molar-refractivity contribution in [2.45, 2.75) is 56.8 Å². The van der Waals surface area contributed by atoms with Crippen molar-refractivity contribution >= 4 is 34.1 Å². The molecule has 1 spiro atoms. The highest BCUT2D eigenvalue weighted by atomic mass is 15.1. The maximum atomic E-state index is 2.57. The zero-order chi connectivity index (χ0) is 56.1. The zero-order valence-electron chi connectivity index (χ0n) is 47.7. The van der Waals surface area contributed by atoms with E-state index in [9.17, 15) is 0 Å². The Morgan fingerprint density at radius 2 is 0.434 bits per heavy atom. The van der Waals surface area contributed by atoms with Crippen LogP contribution in [-0.4, -0.2) is 0 Å². The normalized spacial score (nSPS) is 14.2. The van der Waals surface area contributed by atoms with Gasteiger partial charge in [-0.2, -0.15) is 0 Å². The molecule has 0 N–H and O–H groups in total. The van der Waals surface area contributed by atoms with Gasteiger partial charge in [0, 0.05) is 39.5 Å². The number of hydrogen-bond acceptors (Lipinski definition) is 2. The Kier molecular flexibility index (Phi) is 13.0. The van der Waals surface area contributed by atoms with E-state index < -0.39 is 0 Å². The minimum atomic E-state index is -0.239. The zero-order valence-corrected chi connectivity index (χ0v) is 47.7. The molecule has 12 aromatic carbocycles. The van der Waals surface area contributed by atoms with Gasteiger partial charge in [0.25, 0.3) is 0 Å². The monoisotopic (exact) mass is 1070 g/mol. The van der Waals surface area contributed by atoms with Crippen LogP contribution in [0.15, 0.2) is 303 Å². The first kappa shape index (κ1) is 51.4. The molecular weight excluding hydrogens is 1000 g/mol. The van der Waals surface area contributed by atoms with Gasteiger partial charge in [-0.3, -0.25) is 0 Å². The van der Waals surface area contributed by atoms with Gasteiger partial charge in [0.1, 0.15) is 0 Å². The van der Waals surface area contributed by atoms with E-state index in [1.54, 1.807) is 0 Å². The van der Waals surface area contributed by atoms with Crippen molar-refractivity contribution in [1.82, 2.24) is 0 Å². The molecule has 83 heavy (non-hydrogen) atoms. The fourth-order valence-electron chi connectivity index (χ4n) is 14.0. The van der Waals surface area contributed by atoms with Crippen molar-refractivity contribution in [2.24, 2.45) is 0 Å². The predicted octanol–water partition coefficient (Wildman–Crippen LogP) is 22.3. The molecule has 0 amide bonds. The van der Waals surface area contributed by atoms with Crippen molar-refractivity contribution in [3.63, 3.8) is 0 Å². The predicted molar refractivity (Wildman–Crippen MR) is 351 cm³/mol. The van der Waals surface area contributed by atoms with Crippen LogP contribution < -0.4 is 9.80 Å². The molecule has 2 aliphatic carbocycles. The van der Waals surface area contributed by atoms with E-state index in [1.807, 2.05) is 0 Å². The van der Waals surface area contributed by atoms with Crippen LogP contribution in [0, 0.1) is 0 Å². The van der Waals surface area contributed by atoms with E-state index in [0.717, 1.165) is 47.0 Å². The fraction of sp³-hybridized carbons (Fsp3) is 0.111. The summed E-state index contributed by atoms with van der Waals surface area (Å²) in [4.78, 5) is 4.94. The highest BCUT2D eigenvalue weighted by Gasteiger charge is 2.56. The highest BCUT2D eigenvalue weighted by Crippen LogP contribution is 2.64. The highest BCUT2D eigenvalue weighted by molar-refractivity contribution is 5.85. The third-order valence-electron chi connectivity index (χ3n) is 17.8. The Bertz CT molecular complexity index is 3980. The lowest BCUT2D eigenvalue weighted by molar-refractivity contribution is 0.349. The molecule has 0 heterocycles. The molecule has 14 rings (SSSR count). The second-order valence-corrected chi connectivity index (χ2v) is 24.1. The number of nitrogens with zero attached hydrogens (tertiary/aromatic N) is 2. The van der Waals surface area contributed by atoms with E-state index in [2.05, 4.69) is 341 Å².